The van der Waals surface area contributed by atoms with Gasteiger partial charge in [-0.25, -0.2) is 22.6 Å². The summed E-state index contributed by atoms with van der Waals surface area (Å²) in [6.45, 7) is 2.59. The van der Waals surface area contributed by atoms with E-state index in [4.69, 9.17) is 15.0 Å². The van der Waals surface area contributed by atoms with Crippen molar-refractivity contribution >= 4 is 10.0 Å². The molecule has 0 aliphatic carbocycles. The minimum atomic E-state index is -3.76. The van der Waals surface area contributed by atoms with Gasteiger partial charge in [-0.3, -0.25) is 0 Å². The summed E-state index contributed by atoms with van der Waals surface area (Å²) >= 11 is 0. The largest absolute Gasteiger partial charge is 0.378 e. The number of primary sulfonamides is 1. The molecule has 0 spiro atoms. The minimum Gasteiger partial charge on any atom is -0.378 e. The molecular weight excluding hydrogens is 381 g/mol. The van der Waals surface area contributed by atoms with Crippen molar-refractivity contribution in [2.24, 2.45) is 5.14 Å². The number of aromatic nitrogens is 2. The second-order valence-corrected chi connectivity index (χ2v) is 8.43. The zero-order valence-corrected chi connectivity index (χ0v) is 16.1. The van der Waals surface area contributed by atoms with Crippen molar-refractivity contribution in [1.29, 1.82) is 0 Å². The summed E-state index contributed by atoms with van der Waals surface area (Å²) in [5.74, 6) is -0.308. The molecule has 0 radical (unpaired) electrons. The van der Waals surface area contributed by atoms with Crippen molar-refractivity contribution in [2.45, 2.75) is 30.8 Å². The molecule has 1 atom stereocenters. The van der Waals surface area contributed by atoms with Crippen LogP contribution in [0.1, 0.15) is 18.2 Å². The number of halogens is 1. The summed E-state index contributed by atoms with van der Waals surface area (Å²) < 4.78 is 44.0. The molecule has 2 aromatic carbocycles. The van der Waals surface area contributed by atoms with Gasteiger partial charge in [0.15, 0.2) is 0 Å². The lowest BCUT2D eigenvalue weighted by molar-refractivity contribution is 0.0735. The Bertz CT molecular complexity index is 1110. The number of hydrogen-bond acceptors (Lipinski definition) is 4. The molecule has 0 saturated carbocycles. The molecule has 1 aromatic heterocycles. The normalized spacial score (nSPS) is 17.2. The van der Waals surface area contributed by atoms with Crippen LogP contribution >= 0.6 is 0 Å². The number of nitrogens with two attached hydrogens (primary N) is 1. The zero-order valence-electron chi connectivity index (χ0n) is 15.3. The van der Waals surface area contributed by atoms with Gasteiger partial charge in [0, 0.05) is 17.5 Å². The van der Waals surface area contributed by atoms with E-state index in [9.17, 15) is 12.8 Å². The van der Waals surface area contributed by atoms with Gasteiger partial charge < -0.3 is 4.74 Å². The quantitative estimate of drug-likeness (QED) is 0.731. The molecule has 0 saturated heterocycles. The molecule has 3 aromatic rings. The Kier molecular flexibility index (Phi) is 4.78. The zero-order chi connectivity index (χ0) is 19.9. The molecule has 28 heavy (non-hydrogen) atoms. The molecule has 1 aliphatic rings. The van der Waals surface area contributed by atoms with Gasteiger partial charge in [0.05, 0.1) is 34.7 Å². The van der Waals surface area contributed by atoms with Crippen LogP contribution in [0.2, 0.25) is 0 Å². The van der Waals surface area contributed by atoms with Gasteiger partial charge >= 0.3 is 0 Å². The van der Waals surface area contributed by atoms with E-state index in [0.29, 0.717) is 19.4 Å². The summed E-state index contributed by atoms with van der Waals surface area (Å²) in [7, 11) is -3.76. The fourth-order valence-electron chi connectivity index (χ4n) is 3.48. The van der Waals surface area contributed by atoms with Gasteiger partial charge in [0.1, 0.15) is 5.82 Å². The number of rotatable bonds is 3. The first-order valence-electron chi connectivity index (χ1n) is 8.94. The smallest absolute Gasteiger partial charge is 0.238 e. The van der Waals surface area contributed by atoms with E-state index >= 15 is 0 Å². The number of ether oxygens (including phenoxy) is 1. The third-order valence-electron chi connectivity index (χ3n) is 4.85. The predicted molar refractivity (Wildman–Crippen MR) is 103 cm³/mol. The van der Waals surface area contributed by atoms with Gasteiger partial charge in [0.2, 0.25) is 10.0 Å². The SMILES string of the molecule is C[C@@H]1Cc2c(c(-c3ccc(S(N)(=O)=O)cc3)nn2-c2ccc(F)cc2)CCO1. The second kappa shape index (κ2) is 7.12. The van der Waals surface area contributed by atoms with Crippen LogP contribution in [0.3, 0.4) is 0 Å². The Balaban J connectivity index is 1.86. The van der Waals surface area contributed by atoms with Crippen LogP contribution in [-0.2, 0) is 27.6 Å². The molecule has 146 valence electrons. The molecule has 6 nitrogen and oxygen atoms in total. The highest BCUT2D eigenvalue weighted by Crippen LogP contribution is 2.31. The van der Waals surface area contributed by atoms with Crippen LogP contribution < -0.4 is 5.14 Å². The Morgan fingerprint density at radius 1 is 1.14 bits per heavy atom. The van der Waals surface area contributed by atoms with Gasteiger partial charge in [-0.2, -0.15) is 5.10 Å². The maximum atomic E-state index is 13.4. The highest BCUT2D eigenvalue weighted by Gasteiger charge is 2.24. The molecule has 1 aliphatic heterocycles. The molecule has 4 rings (SSSR count). The maximum absolute atomic E-state index is 13.4. The lowest BCUT2D eigenvalue weighted by atomic mass is 10.0. The lowest BCUT2D eigenvalue weighted by Gasteiger charge is -2.11. The standard InChI is InChI=1S/C20H20FN3O3S/c1-13-12-19-18(10-11-27-13)20(14-2-8-17(9-3-14)28(22,25)26)23-24(19)16-6-4-15(21)5-7-16/h2-9,13H,10-12H2,1H3,(H2,22,25,26)/t13-/m1/s1. The summed E-state index contributed by atoms with van der Waals surface area (Å²) in [5.41, 5.74) is 4.38. The number of benzene rings is 2. The van der Waals surface area contributed by atoms with Crippen LogP contribution in [0.15, 0.2) is 53.4 Å². The van der Waals surface area contributed by atoms with E-state index in [0.717, 1.165) is 28.2 Å². The number of sulfonamides is 1. The summed E-state index contributed by atoms with van der Waals surface area (Å²) in [6.07, 6.45) is 1.40. The fraction of sp³-hybridized carbons (Fsp3) is 0.250. The third kappa shape index (κ3) is 3.58. The number of fused-ring (bicyclic) bond motifs is 1. The van der Waals surface area contributed by atoms with Crippen LogP contribution in [0.5, 0.6) is 0 Å². The van der Waals surface area contributed by atoms with Crippen LogP contribution in [-0.4, -0.2) is 30.9 Å². The molecule has 2 N–H and O–H groups in total. The molecule has 8 heteroatoms. The number of nitrogens with zero attached hydrogens (tertiary/aromatic N) is 2. The van der Waals surface area contributed by atoms with Crippen molar-refractivity contribution in [3.05, 3.63) is 65.6 Å². The Labute approximate surface area is 162 Å². The first-order chi connectivity index (χ1) is 13.3. The predicted octanol–water partition coefficient (Wildman–Crippen LogP) is 2.83. The lowest BCUT2D eigenvalue weighted by Crippen LogP contribution is -2.13. The van der Waals surface area contributed by atoms with Gasteiger partial charge in [0.25, 0.3) is 0 Å². The van der Waals surface area contributed by atoms with Crippen molar-refractivity contribution in [3.8, 4) is 16.9 Å². The molecular formula is C20H20FN3O3S. The molecule has 0 amide bonds. The average Bonchev–Trinajstić information content (AvgIpc) is 2.88. The Morgan fingerprint density at radius 3 is 2.46 bits per heavy atom. The maximum Gasteiger partial charge on any atom is 0.238 e. The Morgan fingerprint density at radius 2 is 1.82 bits per heavy atom. The molecule has 2 heterocycles. The van der Waals surface area contributed by atoms with Crippen molar-refractivity contribution in [2.75, 3.05) is 6.61 Å². The topological polar surface area (TPSA) is 87.2 Å². The first kappa shape index (κ1) is 18.8. The van der Waals surface area contributed by atoms with Crippen molar-refractivity contribution in [3.63, 3.8) is 0 Å². The Hall–Kier alpha value is -2.55. The number of hydrogen-bond donors (Lipinski definition) is 1. The van der Waals surface area contributed by atoms with E-state index in [1.54, 1.807) is 24.3 Å². The third-order valence-corrected chi connectivity index (χ3v) is 5.78. The van der Waals surface area contributed by atoms with E-state index in [1.807, 2.05) is 11.6 Å². The minimum absolute atomic E-state index is 0.0368. The second-order valence-electron chi connectivity index (χ2n) is 6.87. The molecule has 0 bridgehead atoms. The van der Waals surface area contributed by atoms with Gasteiger partial charge in [-0.15, -0.1) is 0 Å². The summed E-state index contributed by atoms with van der Waals surface area (Å²) in [4.78, 5) is 0.0530. The van der Waals surface area contributed by atoms with Crippen molar-refractivity contribution in [1.82, 2.24) is 9.78 Å². The summed E-state index contributed by atoms with van der Waals surface area (Å²) in [6, 6.07) is 12.5. The molecule has 0 fully saturated rings. The van der Waals surface area contributed by atoms with E-state index < -0.39 is 10.0 Å². The highest BCUT2D eigenvalue weighted by molar-refractivity contribution is 7.89. The summed E-state index contributed by atoms with van der Waals surface area (Å²) in [5, 5.41) is 9.98. The van der Waals surface area contributed by atoms with Crippen LogP contribution in [0.25, 0.3) is 16.9 Å². The van der Waals surface area contributed by atoms with E-state index in [1.165, 1.54) is 24.3 Å². The first-order valence-corrected chi connectivity index (χ1v) is 10.5. The van der Waals surface area contributed by atoms with Crippen LogP contribution in [0.4, 0.5) is 4.39 Å². The van der Waals surface area contributed by atoms with Crippen LogP contribution in [0, 0.1) is 5.82 Å². The molecule has 0 unspecified atom stereocenters. The highest BCUT2D eigenvalue weighted by atomic mass is 32.2. The average molecular weight is 401 g/mol. The van der Waals surface area contributed by atoms with E-state index in [-0.39, 0.29) is 16.8 Å². The van der Waals surface area contributed by atoms with E-state index in [2.05, 4.69) is 0 Å². The fourth-order valence-corrected chi connectivity index (χ4v) is 4.00. The monoisotopic (exact) mass is 401 g/mol. The van der Waals surface area contributed by atoms with Gasteiger partial charge in [-0.1, -0.05) is 12.1 Å². The van der Waals surface area contributed by atoms with Crippen molar-refractivity contribution < 1.29 is 17.5 Å². The van der Waals surface area contributed by atoms with Gasteiger partial charge in [-0.05, 0) is 49.7 Å².